The van der Waals surface area contributed by atoms with Crippen LogP contribution in [0.4, 0.5) is 5.82 Å². The Bertz CT molecular complexity index is 809. The Morgan fingerprint density at radius 2 is 1.72 bits per heavy atom. The fourth-order valence-corrected chi connectivity index (χ4v) is 4.41. The van der Waals surface area contributed by atoms with Crippen LogP contribution in [0.2, 0.25) is 0 Å². The summed E-state index contributed by atoms with van der Waals surface area (Å²) in [5.74, 6) is 0.575. The van der Waals surface area contributed by atoms with Crippen LogP contribution in [-0.2, 0) is 0 Å². The molecule has 3 N–H and O–H groups in total. The summed E-state index contributed by atoms with van der Waals surface area (Å²) >= 11 is 0. The summed E-state index contributed by atoms with van der Waals surface area (Å²) < 4.78 is 0. The van der Waals surface area contributed by atoms with Crippen LogP contribution in [0.1, 0.15) is 42.5 Å². The van der Waals surface area contributed by atoms with Gasteiger partial charge in [-0.05, 0) is 62.7 Å². The molecule has 0 atom stereocenters. The van der Waals surface area contributed by atoms with Crippen molar-refractivity contribution >= 4 is 36.5 Å². The Morgan fingerprint density at radius 1 is 1.00 bits per heavy atom. The van der Waals surface area contributed by atoms with Gasteiger partial charge < -0.3 is 16.0 Å². The molecule has 2 aliphatic rings. The molecule has 3 heterocycles. The van der Waals surface area contributed by atoms with Gasteiger partial charge in [0.25, 0.3) is 5.91 Å². The van der Waals surface area contributed by atoms with Gasteiger partial charge in [0, 0.05) is 30.3 Å². The minimum atomic E-state index is 0. The number of anilines is 1. The molecule has 1 aromatic heterocycles. The molecule has 29 heavy (non-hydrogen) atoms. The van der Waals surface area contributed by atoms with E-state index >= 15 is 0 Å². The number of carbonyl (C=O) groups is 1. The van der Waals surface area contributed by atoms with Crippen molar-refractivity contribution in [1.82, 2.24) is 20.2 Å². The Morgan fingerprint density at radius 3 is 2.41 bits per heavy atom. The van der Waals surface area contributed by atoms with E-state index in [1.165, 1.54) is 25.6 Å². The minimum absolute atomic E-state index is 0. The van der Waals surface area contributed by atoms with Crippen molar-refractivity contribution in [3.63, 3.8) is 0 Å². The van der Waals surface area contributed by atoms with Crippen molar-refractivity contribution in [3.8, 4) is 11.3 Å². The molecule has 2 saturated heterocycles. The molecule has 2 aliphatic heterocycles. The number of likely N-dealkylation sites (tertiary alicyclic amines) is 1. The highest BCUT2D eigenvalue weighted by atomic mass is 35.5. The lowest BCUT2D eigenvalue weighted by Crippen LogP contribution is -2.38. The van der Waals surface area contributed by atoms with Crippen molar-refractivity contribution < 1.29 is 4.79 Å². The summed E-state index contributed by atoms with van der Waals surface area (Å²) in [4.78, 5) is 23.2. The van der Waals surface area contributed by atoms with Crippen molar-refractivity contribution in [2.75, 3.05) is 31.9 Å². The molecule has 1 aromatic carbocycles. The number of halogens is 2. The molecule has 0 aliphatic carbocycles. The number of nitrogen functional groups attached to an aromatic ring is 1. The molecular weight excluding hydrogens is 409 g/mol. The van der Waals surface area contributed by atoms with Crippen LogP contribution in [0, 0.1) is 5.41 Å². The van der Waals surface area contributed by atoms with E-state index in [9.17, 15) is 4.79 Å². The standard InChI is InChI=1S/C21H27N5O.2ClH/c22-19-14-18(24-15-25-19)16-2-4-17(5-3-16)20(27)26-12-1-6-21(9-13-26)7-10-23-11-8-21;;/h2-5,14-15,23H,1,6-13H2,(H2,22,24,25);2*1H. The summed E-state index contributed by atoms with van der Waals surface area (Å²) in [5.41, 5.74) is 8.61. The first kappa shape index (κ1) is 23.4. The molecule has 0 bridgehead atoms. The van der Waals surface area contributed by atoms with E-state index < -0.39 is 0 Å². The number of carbonyl (C=O) groups excluding carboxylic acids is 1. The third-order valence-corrected chi connectivity index (χ3v) is 6.11. The smallest absolute Gasteiger partial charge is 0.253 e. The van der Waals surface area contributed by atoms with Crippen molar-refractivity contribution in [2.24, 2.45) is 5.41 Å². The number of rotatable bonds is 2. The summed E-state index contributed by atoms with van der Waals surface area (Å²) in [6.07, 6.45) is 7.41. The monoisotopic (exact) mass is 437 g/mol. The fraction of sp³-hybridized carbons (Fsp3) is 0.476. The fourth-order valence-electron chi connectivity index (χ4n) is 4.41. The van der Waals surface area contributed by atoms with Gasteiger partial charge >= 0.3 is 0 Å². The number of piperidine rings is 1. The van der Waals surface area contributed by atoms with E-state index in [0.717, 1.165) is 55.8 Å². The van der Waals surface area contributed by atoms with E-state index in [2.05, 4.69) is 15.3 Å². The summed E-state index contributed by atoms with van der Waals surface area (Å²) in [7, 11) is 0. The van der Waals surface area contributed by atoms with Crippen LogP contribution in [0.25, 0.3) is 11.3 Å². The van der Waals surface area contributed by atoms with E-state index in [0.29, 0.717) is 11.2 Å². The number of amides is 1. The number of nitrogens with one attached hydrogen (secondary N) is 1. The van der Waals surface area contributed by atoms with Gasteiger partial charge in [0.15, 0.2) is 0 Å². The van der Waals surface area contributed by atoms with Crippen LogP contribution in [-0.4, -0.2) is 47.0 Å². The number of hydrogen-bond donors (Lipinski definition) is 2. The summed E-state index contributed by atoms with van der Waals surface area (Å²) in [5, 5.41) is 3.46. The molecule has 4 rings (SSSR count). The predicted octanol–water partition coefficient (Wildman–Crippen LogP) is 3.57. The molecule has 6 nitrogen and oxygen atoms in total. The van der Waals surface area contributed by atoms with Gasteiger partial charge in [0.2, 0.25) is 0 Å². The van der Waals surface area contributed by atoms with Gasteiger partial charge in [0.1, 0.15) is 12.1 Å². The highest BCUT2D eigenvalue weighted by Crippen LogP contribution is 2.39. The number of benzene rings is 1. The minimum Gasteiger partial charge on any atom is -0.384 e. The zero-order valence-corrected chi connectivity index (χ0v) is 18.1. The molecule has 158 valence electrons. The van der Waals surface area contributed by atoms with Crippen LogP contribution >= 0.6 is 24.8 Å². The topological polar surface area (TPSA) is 84.1 Å². The van der Waals surface area contributed by atoms with Gasteiger partial charge in [-0.2, -0.15) is 0 Å². The first-order valence-corrected chi connectivity index (χ1v) is 9.83. The van der Waals surface area contributed by atoms with Gasteiger partial charge in [0.05, 0.1) is 5.69 Å². The van der Waals surface area contributed by atoms with Gasteiger partial charge in [-0.1, -0.05) is 12.1 Å². The average molecular weight is 438 g/mol. The maximum Gasteiger partial charge on any atom is 0.253 e. The second kappa shape index (κ2) is 10.2. The zero-order chi connectivity index (χ0) is 18.7. The first-order valence-electron chi connectivity index (χ1n) is 9.83. The highest BCUT2D eigenvalue weighted by molar-refractivity contribution is 5.94. The second-order valence-corrected chi connectivity index (χ2v) is 7.80. The average Bonchev–Trinajstić information content (AvgIpc) is 2.91. The molecule has 2 aromatic rings. The van der Waals surface area contributed by atoms with E-state index in [1.54, 1.807) is 6.07 Å². The van der Waals surface area contributed by atoms with Crippen LogP contribution < -0.4 is 11.1 Å². The highest BCUT2D eigenvalue weighted by Gasteiger charge is 2.34. The third kappa shape index (κ3) is 5.38. The molecular formula is C21H29Cl2N5O. The lowest BCUT2D eigenvalue weighted by atomic mass is 9.73. The molecule has 0 unspecified atom stereocenters. The summed E-state index contributed by atoms with van der Waals surface area (Å²) in [6.45, 7) is 3.95. The number of nitrogens with zero attached hydrogens (tertiary/aromatic N) is 3. The van der Waals surface area contributed by atoms with Crippen molar-refractivity contribution in [1.29, 1.82) is 0 Å². The third-order valence-electron chi connectivity index (χ3n) is 6.11. The van der Waals surface area contributed by atoms with Gasteiger partial charge in [-0.3, -0.25) is 4.79 Å². The first-order chi connectivity index (χ1) is 13.2. The molecule has 0 radical (unpaired) electrons. The quantitative estimate of drug-likeness (QED) is 0.749. The van der Waals surface area contributed by atoms with Gasteiger partial charge in [-0.25, -0.2) is 9.97 Å². The molecule has 1 spiro atoms. The van der Waals surface area contributed by atoms with Crippen LogP contribution in [0.15, 0.2) is 36.7 Å². The van der Waals surface area contributed by atoms with Crippen molar-refractivity contribution in [2.45, 2.75) is 32.1 Å². The number of hydrogen-bond acceptors (Lipinski definition) is 5. The zero-order valence-electron chi connectivity index (χ0n) is 16.5. The number of aromatic nitrogens is 2. The Hall–Kier alpha value is -1.89. The Kier molecular flexibility index (Phi) is 8.25. The normalized spacial score (nSPS) is 18.3. The maximum atomic E-state index is 13.0. The Balaban J connectivity index is 0.00000150. The SMILES string of the molecule is Cl.Cl.Nc1cc(-c2ccc(C(=O)N3CCCC4(CCNCC4)CC3)cc2)ncn1. The van der Waals surface area contributed by atoms with Gasteiger partial charge in [-0.15, -0.1) is 24.8 Å². The summed E-state index contributed by atoms with van der Waals surface area (Å²) in [6, 6.07) is 9.38. The van der Waals surface area contributed by atoms with Crippen molar-refractivity contribution in [3.05, 3.63) is 42.2 Å². The molecule has 0 saturated carbocycles. The molecule has 8 heteroatoms. The van der Waals surface area contributed by atoms with E-state index in [4.69, 9.17) is 5.73 Å². The predicted molar refractivity (Wildman–Crippen MR) is 121 cm³/mol. The second-order valence-electron chi connectivity index (χ2n) is 7.80. The maximum absolute atomic E-state index is 13.0. The largest absolute Gasteiger partial charge is 0.384 e. The van der Waals surface area contributed by atoms with E-state index in [-0.39, 0.29) is 30.7 Å². The Labute approximate surface area is 184 Å². The lowest BCUT2D eigenvalue weighted by molar-refractivity contribution is 0.0750. The number of nitrogens with two attached hydrogens (primary N) is 1. The van der Waals surface area contributed by atoms with Crippen LogP contribution in [0.3, 0.4) is 0 Å². The molecule has 1 amide bonds. The van der Waals surface area contributed by atoms with Crippen LogP contribution in [0.5, 0.6) is 0 Å². The van der Waals surface area contributed by atoms with E-state index in [1.807, 2.05) is 29.2 Å². The lowest BCUT2D eigenvalue weighted by Gasteiger charge is -2.37. The molecule has 2 fully saturated rings.